The number of aromatic nitrogens is 3. The number of amides is 1. The summed E-state index contributed by atoms with van der Waals surface area (Å²) in [6.07, 6.45) is 5.72. The van der Waals surface area contributed by atoms with Gasteiger partial charge < -0.3 is 9.88 Å². The van der Waals surface area contributed by atoms with Crippen molar-refractivity contribution in [2.24, 2.45) is 0 Å². The SMILES string of the molecule is CCn1cc(C(=O)NCCc2ccncc2)c(=O)c2ccc(C)nc21. The van der Waals surface area contributed by atoms with E-state index in [0.717, 1.165) is 11.3 Å². The second kappa shape index (κ2) is 7.25. The maximum Gasteiger partial charge on any atom is 0.256 e. The van der Waals surface area contributed by atoms with Crippen molar-refractivity contribution in [2.45, 2.75) is 26.8 Å². The summed E-state index contributed by atoms with van der Waals surface area (Å²) in [6, 6.07) is 7.33. The van der Waals surface area contributed by atoms with Gasteiger partial charge in [0.15, 0.2) is 0 Å². The monoisotopic (exact) mass is 336 g/mol. The fourth-order valence-corrected chi connectivity index (χ4v) is 2.73. The molecule has 3 rings (SSSR count). The van der Waals surface area contributed by atoms with Gasteiger partial charge in [-0.25, -0.2) is 4.98 Å². The van der Waals surface area contributed by atoms with Crippen molar-refractivity contribution in [1.29, 1.82) is 0 Å². The van der Waals surface area contributed by atoms with E-state index in [0.29, 0.717) is 30.5 Å². The van der Waals surface area contributed by atoms with Crippen LogP contribution in [0.15, 0.2) is 47.7 Å². The molecule has 0 unspecified atom stereocenters. The van der Waals surface area contributed by atoms with Crippen LogP contribution in [-0.2, 0) is 13.0 Å². The van der Waals surface area contributed by atoms with E-state index in [9.17, 15) is 9.59 Å². The Labute approximate surface area is 145 Å². The lowest BCUT2D eigenvalue weighted by atomic mass is 10.1. The molecule has 1 N–H and O–H groups in total. The van der Waals surface area contributed by atoms with Crippen LogP contribution in [0.4, 0.5) is 0 Å². The van der Waals surface area contributed by atoms with E-state index in [1.807, 2.05) is 30.5 Å². The molecule has 0 saturated heterocycles. The molecule has 0 saturated carbocycles. The molecule has 3 aromatic heterocycles. The van der Waals surface area contributed by atoms with Crippen molar-refractivity contribution < 1.29 is 4.79 Å². The molecule has 0 spiro atoms. The lowest BCUT2D eigenvalue weighted by Crippen LogP contribution is -2.31. The summed E-state index contributed by atoms with van der Waals surface area (Å²) >= 11 is 0. The van der Waals surface area contributed by atoms with E-state index in [1.165, 1.54) is 0 Å². The fraction of sp³-hybridized carbons (Fsp3) is 0.263. The minimum atomic E-state index is -0.358. The maximum atomic E-state index is 12.7. The third kappa shape index (κ3) is 3.57. The molecule has 1 amide bonds. The largest absolute Gasteiger partial charge is 0.352 e. The van der Waals surface area contributed by atoms with Crippen LogP contribution in [0.1, 0.15) is 28.5 Å². The van der Waals surface area contributed by atoms with E-state index in [2.05, 4.69) is 15.3 Å². The molecule has 0 aliphatic carbocycles. The first kappa shape index (κ1) is 16.8. The van der Waals surface area contributed by atoms with E-state index in [-0.39, 0.29) is 16.9 Å². The highest BCUT2D eigenvalue weighted by molar-refractivity contribution is 5.96. The molecule has 3 aromatic rings. The average molecular weight is 336 g/mol. The molecule has 0 fully saturated rings. The smallest absolute Gasteiger partial charge is 0.256 e. The lowest BCUT2D eigenvalue weighted by molar-refractivity contribution is 0.0952. The lowest BCUT2D eigenvalue weighted by Gasteiger charge is -2.11. The van der Waals surface area contributed by atoms with Crippen molar-refractivity contribution in [3.63, 3.8) is 0 Å². The first-order chi connectivity index (χ1) is 12.1. The summed E-state index contributed by atoms with van der Waals surface area (Å²) in [5, 5.41) is 3.29. The number of carbonyl (C=O) groups is 1. The second-order valence-corrected chi connectivity index (χ2v) is 5.84. The van der Waals surface area contributed by atoms with Crippen molar-refractivity contribution in [2.75, 3.05) is 6.54 Å². The zero-order chi connectivity index (χ0) is 17.8. The number of nitrogens with zero attached hydrogens (tertiary/aromatic N) is 3. The molecule has 0 aromatic carbocycles. The van der Waals surface area contributed by atoms with Crippen LogP contribution in [0.2, 0.25) is 0 Å². The Morgan fingerprint density at radius 1 is 1.20 bits per heavy atom. The van der Waals surface area contributed by atoms with Crippen LogP contribution in [-0.4, -0.2) is 27.0 Å². The Morgan fingerprint density at radius 2 is 1.96 bits per heavy atom. The Balaban J connectivity index is 1.85. The molecule has 6 heteroatoms. The van der Waals surface area contributed by atoms with Gasteiger partial charge in [0.25, 0.3) is 5.91 Å². The molecule has 128 valence electrons. The Bertz CT molecular complexity index is 964. The number of pyridine rings is 3. The van der Waals surface area contributed by atoms with Gasteiger partial charge in [-0.2, -0.15) is 0 Å². The number of fused-ring (bicyclic) bond motifs is 1. The van der Waals surface area contributed by atoms with Crippen molar-refractivity contribution in [3.05, 3.63) is 69.9 Å². The Kier molecular flexibility index (Phi) is 4.88. The van der Waals surface area contributed by atoms with Gasteiger partial charge in [0, 0.05) is 37.4 Å². The number of aryl methyl sites for hydroxylation is 2. The minimum Gasteiger partial charge on any atom is -0.352 e. The first-order valence-electron chi connectivity index (χ1n) is 8.28. The number of carbonyl (C=O) groups excluding carboxylic acids is 1. The molecule has 25 heavy (non-hydrogen) atoms. The molecule has 0 bridgehead atoms. The van der Waals surface area contributed by atoms with Crippen LogP contribution in [0, 0.1) is 6.92 Å². The van der Waals surface area contributed by atoms with Crippen LogP contribution >= 0.6 is 0 Å². The van der Waals surface area contributed by atoms with Gasteiger partial charge in [-0.1, -0.05) is 0 Å². The van der Waals surface area contributed by atoms with E-state index in [1.54, 1.807) is 30.7 Å². The van der Waals surface area contributed by atoms with Gasteiger partial charge in [0.1, 0.15) is 11.2 Å². The number of rotatable bonds is 5. The minimum absolute atomic E-state index is 0.148. The molecular weight excluding hydrogens is 316 g/mol. The van der Waals surface area contributed by atoms with Crippen molar-refractivity contribution in [3.8, 4) is 0 Å². The van der Waals surface area contributed by atoms with Crippen molar-refractivity contribution in [1.82, 2.24) is 19.9 Å². The second-order valence-electron chi connectivity index (χ2n) is 5.84. The third-order valence-corrected chi connectivity index (χ3v) is 4.09. The van der Waals surface area contributed by atoms with Gasteiger partial charge in [0.2, 0.25) is 5.43 Å². The highest BCUT2D eigenvalue weighted by Gasteiger charge is 2.15. The Hall–Kier alpha value is -3.02. The normalized spacial score (nSPS) is 10.8. The third-order valence-electron chi connectivity index (χ3n) is 4.09. The van der Waals surface area contributed by atoms with Gasteiger partial charge in [-0.3, -0.25) is 14.6 Å². The zero-order valence-corrected chi connectivity index (χ0v) is 14.3. The first-order valence-corrected chi connectivity index (χ1v) is 8.28. The van der Waals surface area contributed by atoms with Gasteiger partial charge in [-0.05, 0) is 50.1 Å². The standard InChI is InChI=1S/C19H20N4O2/c1-3-23-12-16(17(24)15-5-4-13(2)22-18(15)23)19(25)21-11-8-14-6-9-20-10-7-14/h4-7,9-10,12H,3,8,11H2,1-2H3,(H,21,25). The summed E-state index contributed by atoms with van der Waals surface area (Å²) in [6.45, 7) is 4.92. The molecule has 0 aliphatic rings. The molecule has 3 heterocycles. The van der Waals surface area contributed by atoms with Crippen LogP contribution in [0.3, 0.4) is 0 Å². The molecule has 0 atom stereocenters. The van der Waals surface area contributed by atoms with Crippen LogP contribution in [0.5, 0.6) is 0 Å². The van der Waals surface area contributed by atoms with E-state index in [4.69, 9.17) is 0 Å². The molecule has 0 aliphatic heterocycles. The number of hydrogen-bond donors (Lipinski definition) is 1. The van der Waals surface area contributed by atoms with E-state index < -0.39 is 0 Å². The predicted octanol–water partition coefficient (Wildman–Crippen LogP) is 2.09. The number of hydrogen-bond acceptors (Lipinski definition) is 4. The topological polar surface area (TPSA) is 76.9 Å². The van der Waals surface area contributed by atoms with Crippen LogP contribution < -0.4 is 10.7 Å². The van der Waals surface area contributed by atoms with Gasteiger partial charge >= 0.3 is 0 Å². The highest BCUT2D eigenvalue weighted by Crippen LogP contribution is 2.11. The predicted molar refractivity (Wildman–Crippen MR) is 96.7 cm³/mol. The Morgan fingerprint density at radius 3 is 2.68 bits per heavy atom. The maximum absolute atomic E-state index is 12.7. The van der Waals surface area contributed by atoms with E-state index >= 15 is 0 Å². The summed E-state index contributed by atoms with van der Waals surface area (Å²) in [5.41, 5.74) is 2.40. The van der Waals surface area contributed by atoms with Gasteiger partial charge in [0.05, 0.1) is 5.39 Å². The summed E-state index contributed by atoms with van der Waals surface area (Å²) in [7, 11) is 0. The quantitative estimate of drug-likeness (QED) is 0.774. The average Bonchev–Trinajstić information content (AvgIpc) is 2.62. The fourth-order valence-electron chi connectivity index (χ4n) is 2.73. The van der Waals surface area contributed by atoms with Crippen molar-refractivity contribution >= 4 is 16.9 Å². The molecule has 0 radical (unpaired) electrons. The molecular formula is C19H20N4O2. The van der Waals surface area contributed by atoms with Crippen LogP contribution in [0.25, 0.3) is 11.0 Å². The zero-order valence-electron chi connectivity index (χ0n) is 14.3. The number of nitrogens with one attached hydrogen (secondary N) is 1. The highest BCUT2D eigenvalue weighted by atomic mass is 16.2. The summed E-state index contributed by atoms with van der Waals surface area (Å²) < 4.78 is 1.83. The summed E-state index contributed by atoms with van der Waals surface area (Å²) in [4.78, 5) is 33.5. The molecule has 6 nitrogen and oxygen atoms in total. The summed E-state index contributed by atoms with van der Waals surface area (Å²) in [5.74, 6) is -0.358. The van der Waals surface area contributed by atoms with Gasteiger partial charge in [-0.15, -0.1) is 0 Å².